The molecule has 2 aromatic rings. The summed E-state index contributed by atoms with van der Waals surface area (Å²) in [5.41, 5.74) is 1.75. The summed E-state index contributed by atoms with van der Waals surface area (Å²) < 4.78 is 1.51. The Kier molecular flexibility index (Phi) is 5.18. The molecule has 1 heterocycles. The van der Waals surface area contributed by atoms with Crippen molar-refractivity contribution in [2.45, 2.75) is 20.8 Å². The topological polar surface area (TPSA) is 93.3 Å². The Bertz CT molecular complexity index is 765. The van der Waals surface area contributed by atoms with Gasteiger partial charge in [-0.25, -0.2) is 0 Å². The van der Waals surface area contributed by atoms with Crippen LogP contribution in [0.15, 0.2) is 24.3 Å². The first-order chi connectivity index (χ1) is 11.4. The number of para-hydroxylation sites is 2. The number of hydrogen-bond donors (Lipinski definition) is 1. The lowest BCUT2D eigenvalue weighted by atomic mass is 10.2. The van der Waals surface area contributed by atoms with E-state index in [-0.39, 0.29) is 11.6 Å². The third-order valence-electron chi connectivity index (χ3n) is 3.84. The Morgan fingerprint density at radius 2 is 1.96 bits per heavy atom. The van der Waals surface area contributed by atoms with Gasteiger partial charge in [0.15, 0.2) is 0 Å². The van der Waals surface area contributed by atoms with Crippen LogP contribution in [0, 0.1) is 17.0 Å². The predicted octanol–water partition coefficient (Wildman–Crippen LogP) is 2.86. The number of nitrogens with one attached hydrogen (secondary N) is 1. The Morgan fingerprint density at radius 3 is 2.54 bits per heavy atom. The van der Waals surface area contributed by atoms with Gasteiger partial charge in [-0.3, -0.25) is 19.6 Å². The first kappa shape index (κ1) is 17.5. The lowest BCUT2D eigenvalue weighted by Crippen LogP contribution is -2.32. The Balaban J connectivity index is 2.49. The number of benzene rings is 1. The van der Waals surface area contributed by atoms with Crippen molar-refractivity contribution in [2.24, 2.45) is 7.05 Å². The smallest absolute Gasteiger partial charge is 0.292 e. The molecule has 0 spiro atoms. The van der Waals surface area contributed by atoms with E-state index in [2.05, 4.69) is 10.4 Å². The van der Waals surface area contributed by atoms with Gasteiger partial charge in [0.25, 0.3) is 11.6 Å². The van der Waals surface area contributed by atoms with Crippen LogP contribution in [-0.2, 0) is 7.05 Å². The van der Waals surface area contributed by atoms with Gasteiger partial charge >= 0.3 is 0 Å². The van der Waals surface area contributed by atoms with Crippen molar-refractivity contribution in [3.05, 3.63) is 45.8 Å². The second kappa shape index (κ2) is 7.12. The normalized spacial score (nSPS) is 10.5. The van der Waals surface area contributed by atoms with Crippen LogP contribution in [0.1, 0.15) is 30.0 Å². The summed E-state index contributed by atoms with van der Waals surface area (Å²) in [6.45, 7) is 6.71. The number of amides is 1. The molecule has 0 atom stereocenters. The summed E-state index contributed by atoms with van der Waals surface area (Å²) >= 11 is 0. The van der Waals surface area contributed by atoms with Crippen molar-refractivity contribution in [1.29, 1.82) is 0 Å². The molecule has 0 saturated carbocycles. The van der Waals surface area contributed by atoms with Gasteiger partial charge in [0.05, 0.1) is 16.3 Å². The highest BCUT2D eigenvalue weighted by Gasteiger charge is 2.25. The number of rotatable bonds is 6. The van der Waals surface area contributed by atoms with E-state index in [0.717, 1.165) is 0 Å². The molecule has 1 amide bonds. The molecular formula is C16H21N5O3. The molecular weight excluding hydrogens is 310 g/mol. The number of nitro benzene ring substituents is 1. The molecule has 1 aromatic carbocycles. The number of aromatic nitrogens is 2. The molecule has 0 aliphatic rings. The maximum atomic E-state index is 12.8. The lowest BCUT2D eigenvalue weighted by Gasteiger charge is -2.19. The van der Waals surface area contributed by atoms with E-state index in [1.165, 1.54) is 10.7 Å². The fraction of sp³-hybridized carbons (Fsp3) is 0.375. The molecule has 0 aliphatic heterocycles. The average Bonchev–Trinajstić information content (AvgIpc) is 2.82. The maximum Gasteiger partial charge on any atom is 0.292 e. The molecule has 1 N–H and O–H groups in total. The van der Waals surface area contributed by atoms with Crippen LogP contribution in [0.3, 0.4) is 0 Å². The molecule has 0 radical (unpaired) electrons. The van der Waals surface area contributed by atoms with E-state index in [4.69, 9.17) is 0 Å². The number of hydrogen-bond acceptors (Lipinski definition) is 5. The minimum Gasteiger partial charge on any atom is -0.346 e. The van der Waals surface area contributed by atoms with E-state index >= 15 is 0 Å². The number of carbonyl (C=O) groups is 1. The first-order valence-corrected chi connectivity index (χ1v) is 7.73. The minimum atomic E-state index is -0.458. The maximum absolute atomic E-state index is 12.8. The largest absolute Gasteiger partial charge is 0.346 e. The van der Waals surface area contributed by atoms with Gasteiger partial charge < -0.3 is 10.2 Å². The number of anilines is 2. The molecule has 24 heavy (non-hydrogen) atoms. The molecule has 8 heteroatoms. The van der Waals surface area contributed by atoms with Crippen molar-refractivity contribution in [3.63, 3.8) is 0 Å². The van der Waals surface area contributed by atoms with Crippen LogP contribution < -0.4 is 5.32 Å². The van der Waals surface area contributed by atoms with Crippen molar-refractivity contribution in [2.75, 3.05) is 18.4 Å². The summed E-state index contributed by atoms with van der Waals surface area (Å²) in [4.78, 5) is 25.2. The minimum absolute atomic E-state index is 0.0537. The molecule has 0 saturated heterocycles. The third kappa shape index (κ3) is 3.22. The van der Waals surface area contributed by atoms with E-state index in [1.54, 1.807) is 37.1 Å². The Morgan fingerprint density at radius 1 is 1.33 bits per heavy atom. The number of nitro groups is 1. The molecule has 0 fully saturated rings. The number of nitrogens with zero attached hydrogens (tertiary/aromatic N) is 4. The molecule has 8 nitrogen and oxygen atoms in total. The highest BCUT2D eigenvalue weighted by atomic mass is 16.6. The van der Waals surface area contributed by atoms with Crippen molar-refractivity contribution in [1.82, 2.24) is 14.7 Å². The van der Waals surface area contributed by atoms with Gasteiger partial charge in [-0.1, -0.05) is 12.1 Å². The standard InChI is InChI=1S/C16H21N5O3/c1-5-20(6-2)16(22)15-14(11(3)18-19(15)4)17-12-9-7-8-10-13(12)21(23)24/h7-10,17H,5-6H2,1-4H3. The highest BCUT2D eigenvalue weighted by molar-refractivity contribution is 5.99. The van der Waals surface area contributed by atoms with Gasteiger partial charge in [0, 0.05) is 26.2 Å². The zero-order valence-electron chi connectivity index (χ0n) is 14.2. The van der Waals surface area contributed by atoms with Crippen LogP contribution in [-0.4, -0.2) is 38.6 Å². The first-order valence-electron chi connectivity index (χ1n) is 7.73. The van der Waals surface area contributed by atoms with E-state index in [9.17, 15) is 14.9 Å². The monoisotopic (exact) mass is 331 g/mol. The van der Waals surface area contributed by atoms with E-state index in [1.807, 2.05) is 13.8 Å². The predicted molar refractivity (Wildman–Crippen MR) is 91.6 cm³/mol. The second-order valence-corrected chi connectivity index (χ2v) is 5.31. The van der Waals surface area contributed by atoms with Gasteiger partial charge in [-0.15, -0.1) is 0 Å². The van der Waals surface area contributed by atoms with Crippen molar-refractivity contribution in [3.8, 4) is 0 Å². The Hall–Kier alpha value is -2.90. The van der Waals surface area contributed by atoms with Crippen LogP contribution in [0.2, 0.25) is 0 Å². The molecule has 0 aliphatic carbocycles. The number of carbonyl (C=O) groups excluding carboxylic acids is 1. The van der Waals surface area contributed by atoms with Gasteiger partial charge in [-0.2, -0.15) is 5.10 Å². The quantitative estimate of drug-likeness (QED) is 0.649. The van der Waals surface area contributed by atoms with Gasteiger partial charge in [0.2, 0.25) is 0 Å². The zero-order valence-corrected chi connectivity index (χ0v) is 14.2. The zero-order chi connectivity index (χ0) is 17.9. The van der Waals surface area contributed by atoms with Gasteiger partial charge in [-0.05, 0) is 26.8 Å². The third-order valence-corrected chi connectivity index (χ3v) is 3.84. The summed E-state index contributed by atoms with van der Waals surface area (Å²) in [6, 6.07) is 6.32. The highest BCUT2D eigenvalue weighted by Crippen LogP contribution is 2.31. The van der Waals surface area contributed by atoms with Crippen LogP contribution >= 0.6 is 0 Å². The lowest BCUT2D eigenvalue weighted by molar-refractivity contribution is -0.383. The molecule has 0 unspecified atom stereocenters. The fourth-order valence-corrected chi connectivity index (χ4v) is 2.59. The van der Waals surface area contributed by atoms with Gasteiger partial charge in [0.1, 0.15) is 11.4 Å². The average molecular weight is 331 g/mol. The molecule has 2 rings (SSSR count). The summed E-state index contributed by atoms with van der Waals surface area (Å²) in [5.74, 6) is -0.163. The second-order valence-electron chi connectivity index (χ2n) is 5.31. The molecule has 1 aromatic heterocycles. The van der Waals surface area contributed by atoms with Crippen LogP contribution in [0.5, 0.6) is 0 Å². The van der Waals surface area contributed by atoms with E-state index < -0.39 is 4.92 Å². The summed E-state index contributed by atoms with van der Waals surface area (Å²) in [5, 5.41) is 18.5. The molecule has 0 bridgehead atoms. The summed E-state index contributed by atoms with van der Waals surface area (Å²) in [7, 11) is 1.69. The Labute approximate surface area is 140 Å². The SMILES string of the molecule is CCN(CC)C(=O)c1c(Nc2ccccc2[N+](=O)[O-])c(C)nn1C. The number of aryl methyl sites for hydroxylation is 2. The van der Waals surface area contributed by atoms with Crippen LogP contribution in [0.4, 0.5) is 17.1 Å². The fourth-order valence-electron chi connectivity index (χ4n) is 2.59. The van der Waals surface area contributed by atoms with Crippen molar-refractivity contribution >= 4 is 23.0 Å². The summed E-state index contributed by atoms with van der Waals surface area (Å²) in [6.07, 6.45) is 0. The van der Waals surface area contributed by atoms with Crippen LogP contribution in [0.25, 0.3) is 0 Å². The molecule has 128 valence electrons. The van der Waals surface area contributed by atoms with Crippen molar-refractivity contribution < 1.29 is 9.72 Å². The van der Waals surface area contributed by atoms with E-state index in [0.29, 0.717) is 35.9 Å².